The van der Waals surface area contributed by atoms with Crippen molar-refractivity contribution in [3.63, 3.8) is 0 Å². The molecule has 0 unspecified atom stereocenters. The number of carbonyl (C=O) groups excluding carboxylic acids is 1. The molecule has 124 valence electrons. The molecule has 6 heteroatoms. The van der Waals surface area contributed by atoms with E-state index in [0.29, 0.717) is 30.3 Å². The highest BCUT2D eigenvalue weighted by Crippen LogP contribution is 2.28. The van der Waals surface area contributed by atoms with Gasteiger partial charge in [-0.1, -0.05) is 13.3 Å². The summed E-state index contributed by atoms with van der Waals surface area (Å²) < 4.78 is 15.8. The van der Waals surface area contributed by atoms with Gasteiger partial charge in [0.05, 0.1) is 19.9 Å². The predicted molar refractivity (Wildman–Crippen MR) is 86.9 cm³/mol. The number of anilines is 1. The lowest BCUT2D eigenvalue weighted by Gasteiger charge is -2.12. The number of urea groups is 1. The highest BCUT2D eigenvalue weighted by Gasteiger charge is 2.08. The highest BCUT2D eigenvalue weighted by atomic mass is 16.5. The van der Waals surface area contributed by atoms with Gasteiger partial charge in [-0.25, -0.2) is 4.79 Å². The molecule has 0 bridgehead atoms. The highest BCUT2D eigenvalue weighted by molar-refractivity contribution is 5.91. The van der Waals surface area contributed by atoms with Gasteiger partial charge in [-0.2, -0.15) is 0 Å². The number of benzene rings is 1. The molecule has 0 aliphatic heterocycles. The normalized spacial score (nSPS) is 10.1. The van der Waals surface area contributed by atoms with Crippen molar-refractivity contribution < 1.29 is 19.0 Å². The van der Waals surface area contributed by atoms with Crippen molar-refractivity contribution in [3.05, 3.63) is 18.2 Å². The molecule has 1 aromatic rings. The first-order chi connectivity index (χ1) is 10.7. The van der Waals surface area contributed by atoms with Crippen LogP contribution in [0.15, 0.2) is 18.2 Å². The Bertz CT molecular complexity index is 452. The minimum atomic E-state index is -0.278. The molecule has 0 fully saturated rings. The van der Waals surface area contributed by atoms with Gasteiger partial charge in [0.25, 0.3) is 0 Å². The van der Waals surface area contributed by atoms with Crippen LogP contribution in [0.4, 0.5) is 10.5 Å². The molecule has 1 aromatic carbocycles. The van der Waals surface area contributed by atoms with Crippen molar-refractivity contribution in [2.24, 2.45) is 0 Å². The van der Waals surface area contributed by atoms with Gasteiger partial charge in [-0.05, 0) is 25.0 Å². The fraction of sp³-hybridized carbons (Fsp3) is 0.562. The number of hydrogen-bond donors (Lipinski definition) is 2. The topological polar surface area (TPSA) is 68.8 Å². The summed E-state index contributed by atoms with van der Waals surface area (Å²) in [5, 5.41) is 5.54. The van der Waals surface area contributed by atoms with Crippen molar-refractivity contribution in [2.75, 3.05) is 39.3 Å². The van der Waals surface area contributed by atoms with E-state index in [0.717, 1.165) is 25.9 Å². The third-order valence-corrected chi connectivity index (χ3v) is 3.05. The summed E-state index contributed by atoms with van der Waals surface area (Å²) in [5.74, 6) is 1.24. The molecule has 6 nitrogen and oxygen atoms in total. The molecular weight excluding hydrogens is 284 g/mol. The molecule has 2 N–H and O–H groups in total. The zero-order chi connectivity index (χ0) is 16.2. The number of methoxy groups -OCH3 is 2. The van der Waals surface area contributed by atoms with Gasteiger partial charge in [-0.3, -0.25) is 0 Å². The minimum absolute atomic E-state index is 0.278. The van der Waals surface area contributed by atoms with Crippen LogP contribution < -0.4 is 20.1 Å². The lowest BCUT2D eigenvalue weighted by Crippen LogP contribution is -2.30. The average Bonchev–Trinajstić information content (AvgIpc) is 2.54. The van der Waals surface area contributed by atoms with Crippen molar-refractivity contribution in [3.8, 4) is 11.5 Å². The Morgan fingerprint density at radius 3 is 2.59 bits per heavy atom. The third kappa shape index (κ3) is 6.67. The van der Waals surface area contributed by atoms with Crippen molar-refractivity contribution in [1.82, 2.24) is 5.32 Å². The average molecular weight is 310 g/mol. The number of rotatable bonds is 10. The van der Waals surface area contributed by atoms with E-state index in [1.165, 1.54) is 0 Å². The van der Waals surface area contributed by atoms with Gasteiger partial charge in [-0.15, -0.1) is 0 Å². The number of nitrogens with one attached hydrogen (secondary N) is 2. The molecule has 0 saturated carbocycles. The maximum Gasteiger partial charge on any atom is 0.319 e. The van der Waals surface area contributed by atoms with E-state index >= 15 is 0 Å². The Labute approximate surface area is 132 Å². The Morgan fingerprint density at radius 1 is 1.14 bits per heavy atom. The van der Waals surface area contributed by atoms with Gasteiger partial charge in [0.2, 0.25) is 0 Å². The SMILES string of the molecule is CCCCOCCCNC(=O)Nc1cc(OC)ccc1OC. The van der Waals surface area contributed by atoms with Crippen LogP contribution in [0.5, 0.6) is 11.5 Å². The molecule has 0 aliphatic rings. The summed E-state index contributed by atoms with van der Waals surface area (Å²) in [6.07, 6.45) is 2.99. The second-order valence-electron chi connectivity index (χ2n) is 4.77. The maximum absolute atomic E-state index is 11.9. The standard InChI is InChI=1S/C16H26N2O4/c1-4-5-10-22-11-6-9-17-16(19)18-14-12-13(20-2)7-8-15(14)21-3/h7-8,12H,4-6,9-11H2,1-3H3,(H2,17,18,19). The Morgan fingerprint density at radius 2 is 1.91 bits per heavy atom. The summed E-state index contributed by atoms with van der Waals surface area (Å²) in [6, 6.07) is 4.96. The summed E-state index contributed by atoms with van der Waals surface area (Å²) >= 11 is 0. The number of unbranched alkanes of at least 4 members (excludes halogenated alkanes) is 1. The first-order valence-corrected chi connectivity index (χ1v) is 7.55. The summed E-state index contributed by atoms with van der Waals surface area (Å²) in [7, 11) is 3.13. The van der Waals surface area contributed by atoms with Gasteiger partial charge in [0, 0.05) is 25.8 Å². The first kappa shape index (κ1) is 18.1. The molecule has 1 rings (SSSR count). The van der Waals surface area contributed by atoms with E-state index in [-0.39, 0.29) is 6.03 Å². The Balaban J connectivity index is 2.32. The monoisotopic (exact) mass is 310 g/mol. The number of amides is 2. The fourth-order valence-electron chi connectivity index (χ4n) is 1.80. The maximum atomic E-state index is 11.9. The van der Waals surface area contributed by atoms with Crippen LogP contribution in [0.3, 0.4) is 0 Å². The molecular formula is C16H26N2O4. The molecule has 22 heavy (non-hydrogen) atoms. The molecule has 0 atom stereocenters. The first-order valence-electron chi connectivity index (χ1n) is 7.55. The van der Waals surface area contributed by atoms with Gasteiger partial charge in [0.15, 0.2) is 0 Å². The lowest BCUT2D eigenvalue weighted by molar-refractivity contribution is 0.129. The molecule has 2 amide bonds. The van der Waals surface area contributed by atoms with Crippen molar-refractivity contribution >= 4 is 11.7 Å². The van der Waals surface area contributed by atoms with Gasteiger partial charge >= 0.3 is 6.03 Å². The van der Waals surface area contributed by atoms with Crippen molar-refractivity contribution in [2.45, 2.75) is 26.2 Å². The van der Waals surface area contributed by atoms with Crippen LogP contribution in [-0.4, -0.2) is 40.0 Å². The van der Waals surface area contributed by atoms with Crippen LogP contribution >= 0.6 is 0 Å². The third-order valence-electron chi connectivity index (χ3n) is 3.05. The quantitative estimate of drug-likeness (QED) is 0.652. The zero-order valence-corrected chi connectivity index (χ0v) is 13.6. The predicted octanol–water partition coefficient (Wildman–Crippen LogP) is 3.03. The van der Waals surface area contributed by atoms with Crippen LogP contribution in [0.1, 0.15) is 26.2 Å². The van der Waals surface area contributed by atoms with E-state index < -0.39 is 0 Å². The van der Waals surface area contributed by atoms with E-state index in [9.17, 15) is 4.79 Å². The largest absolute Gasteiger partial charge is 0.497 e. The van der Waals surface area contributed by atoms with Crippen LogP contribution in [0, 0.1) is 0 Å². The molecule has 0 heterocycles. The number of ether oxygens (including phenoxy) is 3. The van der Waals surface area contributed by atoms with Gasteiger partial charge in [0.1, 0.15) is 11.5 Å². The lowest BCUT2D eigenvalue weighted by atomic mass is 10.2. The summed E-state index contributed by atoms with van der Waals surface area (Å²) in [4.78, 5) is 11.9. The second-order valence-corrected chi connectivity index (χ2v) is 4.77. The molecule has 0 spiro atoms. The van der Waals surface area contributed by atoms with E-state index in [2.05, 4.69) is 17.6 Å². The van der Waals surface area contributed by atoms with E-state index in [1.54, 1.807) is 32.4 Å². The Hall–Kier alpha value is -1.95. The van der Waals surface area contributed by atoms with Crippen LogP contribution in [0.2, 0.25) is 0 Å². The molecule has 0 radical (unpaired) electrons. The van der Waals surface area contributed by atoms with E-state index in [1.807, 2.05) is 0 Å². The van der Waals surface area contributed by atoms with Gasteiger partial charge < -0.3 is 24.8 Å². The van der Waals surface area contributed by atoms with Crippen LogP contribution in [-0.2, 0) is 4.74 Å². The molecule has 0 aromatic heterocycles. The summed E-state index contributed by atoms with van der Waals surface area (Å²) in [5.41, 5.74) is 0.568. The fourth-order valence-corrected chi connectivity index (χ4v) is 1.80. The molecule has 0 saturated heterocycles. The van der Waals surface area contributed by atoms with Crippen molar-refractivity contribution in [1.29, 1.82) is 0 Å². The van der Waals surface area contributed by atoms with Crippen LogP contribution in [0.25, 0.3) is 0 Å². The van der Waals surface area contributed by atoms with E-state index in [4.69, 9.17) is 14.2 Å². The number of hydrogen-bond acceptors (Lipinski definition) is 4. The zero-order valence-electron chi connectivity index (χ0n) is 13.6. The Kier molecular flexibility index (Phi) is 8.83. The summed E-state index contributed by atoms with van der Waals surface area (Å²) in [6.45, 7) is 4.12. The molecule has 0 aliphatic carbocycles. The minimum Gasteiger partial charge on any atom is -0.497 e. The smallest absolute Gasteiger partial charge is 0.319 e. The second kappa shape index (κ2) is 10.7. The number of carbonyl (C=O) groups is 1.